The number of hydrogen-bond acceptors (Lipinski definition) is 3. The van der Waals surface area contributed by atoms with Crippen LogP contribution in [0.1, 0.15) is 33.5 Å². The maximum Gasteiger partial charge on any atom is 0.339 e. The first-order valence-electron chi connectivity index (χ1n) is 8.14. The lowest BCUT2D eigenvalue weighted by Gasteiger charge is -2.39. The first kappa shape index (κ1) is 17.0. The molecule has 126 valence electrons. The van der Waals surface area contributed by atoms with Crippen LogP contribution in [-0.4, -0.2) is 31.5 Å². The summed E-state index contributed by atoms with van der Waals surface area (Å²) in [5.41, 5.74) is 3.25. The number of nitrogens with zero attached hydrogens (tertiary/aromatic N) is 1. The minimum absolute atomic E-state index is 0.242. The number of carbonyl (C=O) groups excluding carboxylic acids is 1. The predicted octanol–water partition coefficient (Wildman–Crippen LogP) is 4.21. The molecule has 0 aliphatic carbocycles. The van der Waals surface area contributed by atoms with Crippen molar-refractivity contribution in [3.05, 3.63) is 69.7 Å². The Morgan fingerprint density at radius 1 is 1.17 bits per heavy atom. The summed E-state index contributed by atoms with van der Waals surface area (Å²) in [7, 11) is 4.05. The van der Waals surface area contributed by atoms with Gasteiger partial charge in [-0.3, -0.25) is 0 Å². The number of carbonyl (C=O) groups is 1. The summed E-state index contributed by atoms with van der Waals surface area (Å²) in [5.74, 6) is -0.242. The van der Waals surface area contributed by atoms with Crippen molar-refractivity contribution in [2.45, 2.75) is 25.4 Å². The molecule has 0 amide bonds. The molecule has 0 bridgehead atoms. The van der Waals surface area contributed by atoms with Gasteiger partial charge < -0.3 is 9.64 Å². The molecule has 1 aliphatic rings. The van der Waals surface area contributed by atoms with E-state index in [1.165, 1.54) is 0 Å². The number of rotatable bonds is 4. The van der Waals surface area contributed by atoms with Crippen molar-refractivity contribution in [1.82, 2.24) is 4.90 Å². The largest absolute Gasteiger partial charge is 0.450 e. The van der Waals surface area contributed by atoms with Crippen molar-refractivity contribution in [1.29, 1.82) is 0 Å². The molecule has 0 saturated carbocycles. The molecule has 2 aromatic rings. The van der Waals surface area contributed by atoms with E-state index >= 15 is 0 Å². The van der Waals surface area contributed by atoms with Gasteiger partial charge in [-0.1, -0.05) is 35.9 Å². The molecular formula is C20H22ClNO2. The van der Waals surface area contributed by atoms with Crippen molar-refractivity contribution in [2.75, 3.05) is 20.6 Å². The van der Waals surface area contributed by atoms with E-state index in [0.717, 1.165) is 29.7 Å². The Morgan fingerprint density at radius 3 is 2.54 bits per heavy atom. The summed E-state index contributed by atoms with van der Waals surface area (Å²) in [6, 6.07) is 13.5. The minimum atomic E-state index is -0.648. The third-order valence-electron chi connectivity index (χ3n) is 4.71. The van der Waals surface area contributed by atoms with E-state index in [1.807, 2.05) is 50.5 Å². The molecule has 0 spiro atoms. The van der Waals surface area contributed by atoms with Crippen molar-refractivity contribution in [3.8, 4) is 0 Å². The molecular weight excluding hydrogens is 322 g/mol. The quantitative estimate of drug-likeness (QED) is 0.779. The fourth-order valence-corrected chi connectivity index (χ4v) is 3.41. The summed E-state index contributed by atoms with van der Waals surface area (Å²) < 4.78 is 6.02. The maximum absolute atomic E-state index is 12.7. The zero-order valence-electron chi connectivity index (χ0n) is 14.3. The molecule has 3 nitrogen and oxygen atoms in total. The summed E-state index contributed by atoms with van der Waals surface area (Å²) in [5, 5.41) is 0.681. The second kappa shape index (κ2) is 6.58. The monoisotopic (exact) mass is 343 g/mol. The molecule has 3 rings (SSSR count). The van der Waals surface area contributed by atoms with Crippen LogP contribution in [0, 0.1) is 6.92 Å². The number of aryl methyl sites for hydroxylation is 1. The van der Waals surface area contributed by atoms with Crippen molar-refractivity contribution in [3.63, 3.8) is 0 Å². The first-order chi connectivity index (χ1) is 11.4. The topological polar surface area (TPSA) is 29.5 Å². The van der Waals surface area contributed by atoms with Gasteiger partial charge in [0.2, 0.25) is 0 Å². The number of benzene rings is 2. The van der Waals surface area contributed by atoms with Gasteiger partial charge in [0.15, 0.2) is 0 Å². The molecule has 0 saturated heterocycles. The Hall–Kier alpha value is -1.84. The Labute approximate surface area is 148 Å². The average Bonchev–Trinajstić information content (AvgIpc) is 2.55. The van der Waals surface area contributed by atoms with E-state index < -0.39 is 5.60 Å². The van der Waals surface area contributed by atoms with E-state index in [0.29, 0.717) is 17.0 Å². The fraction of sp³-hybridized carbons (Fsp3) is 0.350. The second-order valence-electron chi connectivity index (χ2n) is 6.72. The van der Waals surface area contributed by atoms with Crippen LogP contribution in [0.3, 0.4) is 0 Å². The molecule has 0 radical (unpaired) electrons. The average molecular weight is 344 g/mol. The van der Waals surface area contributed by atoms with Gasteiger partial charge in [-0.05, 0) is 55.9 Å². The molecule has 2 aromatic carbocycles. The Kier molecular flexibility index (Phi) is 4.66. The third-order valence-corrected chi connectivity index (χ3v) is 4.97. The zero-order valence-corrected chi connectivity index (χ0v) is 15.1. The number of fused-ring (bicyclic) bond motifs is 1. The highest BCUT2D eigenvalue weighted by atomic mass is 35.5. The van der Waals surface area contributed by atoms with Crippen LogP contribution in [0.25, 0.3) is 0 Å². The summed E-state index contributed by atoms with van der Waals surface area (Å²) in [6.07, 6.45) is 1.43. The van der Waals surface area contributed by atoms with E-state index in [2.05, 4.69) is 17.9 Å². The van der Waals surface area contributed by atoms with Crippen molar-refractivity contribution >= 4 is 17.6 Å². The number of esters is 1. The SMILES string of the molecule is Cc1cccc2c1CC(CCN(C)C)(c1ccc(Cl)cc1)OC2=O. The molecule has 1 unspecified atom stereocenters. The normalized spacial score (nSPS) is 20.0. The van der Waals surface area contributed by atoms with Gasteiger partial charge in [-0.15, -0.1) is 0 Å². The molecule has 24 heavy (non-hydrogen) atoms. The van der Waals surface area contributed by atoms with Crippen molar-refractivity contribution < 1.29 is 9.53 Å². The van der Waals surface area contributed by atoms with Gasteiger partial charge in [0.25, 0.3) is 0 Å². The number of halogens is 1. The van der Waals surface area contributed by atoms with Crippen LogP contribution in [0.15, 0.2) is 42.5 Å². The summed E-state index contributed by atoms with van der Waals surface area (Å²) >= 11 is 6.04. The molecule has 4 heteroatoms. The van der Waals surface area contributed by atoms with Crippen LogP contribution >= 0.6 is 11.6 Å². The lowest BCUT2D eigenvalue weighted by molar-refractivity contribution is -0.0356. The molecule has 1 atom stereocenters. The minimum Gasteiger partial charge on any atom is -0.450 e. The lowest BCUT2D eigenvalue weighted by Crippen LogP contribution is -2.41. The standard InChI is InChI=1S/C20H22ClNO2/c1-14-5-4-6-17-18(14)13-20(24-19(17)23,11-12-22(2)3)15-7-9-16(21)10-8-15/h4-10H,11-13H2,1-3H3. The number of hydrogen-bond donors (Lipinski definition) is 0. The Bertz CT molecular complexity index is 755. The molecule has 1 heterocycles. The highest BCUT2D eigenvalue weighted by Crippen LogP contribution is 2.40. The van der Waals surface area contributed by atoms with E-state index in [9.17, 15) is 4.79 Å². The van der Waals surface area contributed by atoms with Crippen LogP contribution < -0.4 is 0 Å². The molecule has 0 fully saturated rings. The predicted molar refractivity (Wildman–Crippen MR) is 96.6 cm³/mol. The number of cyclic esters (lactones) is 1. The molecule has 1 aliphatic heterocycles. The maximum atomic E-state index is 12.7. The Balaban J connectivity index is 2.08. The molecule has 0 aromatic heterocycles. The smallest absolute Gasteiger partial charge is 0.339 e. The van der Waals surface area contributed by atoms with Crippen LogP contribution in [0.2, 0.25) is 5.02 Å². The first-order valence-corrected chi connectivity index (χ1v) is 8.52. The van der Waals surface area contributed by atoms with Gasteiger partial charge in [-0.2, -0.15) is 0 Å². The van der Waals surface area contributed by atoms with E-state index in [-0.39, 0.29) is 5.97 Å². The third kappa shape index (κ3) is 3.19. The fourth-order valence-electron chi connectivity index (χ4n) is 3.28. The number of ether oxygens (including phenoxy) is 1. The zero-order chi connectivity index (χ0) is 17.3. The van der Waals surface area contributed by atoms with E-state index in [1.54, 1.807) is 0 Å². The van der Waals surface area contributed by atoms with Gasteiger partial charge in [0.1, 0.15) is 5.60 Å². The Morgan fingerprint density at radius 2 is 1.88 bits per heavy atom. The van der Waals surface area contributed by atoms with Gasteiger partial charge in [-0.25, -0.2) is 4.79 Å². The van der Waals surface area contributed by atoms with Crippen LogP contribution in [0.4, 0.5) is 0 Å². The van der Waals surface area contributed by atoms with Gasteiger partial charge in [0, 0.05) is 24.4 Å². The van der Waals surface area contributed by atoms with E-state index in [4.69, 9.17) is 16.3 Å². The van der Waals surface area contributed by atoms with Crippen LogP contribution in [0.5, 0.6) is 0 Å². The lowest BCUT2D eigenvalue weighted by atomic mass is 9.79. The van der Waals surface area contributed by atoms with Crippen molar-refractivity contribution in [2.24, 2.45) is 0 Å². The highest BCUT2D eigenvalue weighted by Gasteiger charge is 2.42. The van der Waals surface area contributed by atoms with Gasteiger partial charge >= 0.3 is 5.97 Å². The van der Waals surface area contributed by atoms with Crippen LogP contribution in [-0.2, 0) is 16.8 Å². The molecule has 0 N–H and O–H groups in total. The second-order valence-corrected chi connectivity index (χ2v) is 7.16. The summed E-state index contributed by atoms with van der Waals surface area (Å²) in [4.78, 5) is 14.8. The highest BCUT2D eigenvalue weighted by molar-refractivity contribution is 6.30. The summed E-state index contributed by atoms with van der Waals surface area (Å²) in [6.45, 7) is 2.88. The van der Waals surface area contributed by atoms with Gasteiger partial charge in [0.05, 0.1) is 5.56 Å².